The van der Waals surface area contributed by atoms with E-state index in [9.17, 15) is 4.79 Å². The summed E-state index contributed by atoms with van der Waals surface area (Å²) in [5, 5.41) is 3.34. The Balaban J connectivity index is 1.73. The van der Waals surface area contributed by atoms with E-state index in [1.807, 2.05) is 11.0 Å². The molecule has 0 saturated carbocycles. The lowest BCUT2D eigenvalue weighted by atomic mass is 10.1. The van der Waals surface area contributed by atoms with E-state index in [1.54, 1.807) is 0 Å². The van der Waals surface area contributed by atoms with Gasteiger partial charge in [0.05, 0.1) is 12.7 Å². The maximum Gasteiger partial charge on any atom is 0.240 e. The van der Waals surface area contributed by atoms with Gasteiger partial charge < -0.3 is 4.90 Å². The van der Waals surface area contributed by atoms with Gasteiger partial charge >= 0.3 is 0 Å². The van der Waals surface area contributed by atoms with Crippen LogP contribution in [-0.4, -0.2) is 30.1 Å². The van der Waals surface area contributed by atoms with Gasteiger partial charge in [-0.3, -0.25) is 10.1 Å². The average molecular weight is 274 g/mol. The van der Waals surface area contributed by atoms with Gasteiger partial charge in [0.15, 0.2) is 0 Å². The number of nitrogens with one attached hydrogen (secondary N) is 1. The maximum atomic E-state index is 12.3. The normalized spacial score (nSPS) is 19.1. The largest absolute Gasteiger partial charge is 0.329 e. The summed E-state index contributed by atoms with van der Waals surface area (Å²) in [4.78, 5) is 14.2. The maximum absolute atomic E-state index is 12.3. The van der Waals surface area contributed by atoms with Crippen molar-refractivity contribution in [1.82, 2.24) is 10.2 Å². The van der Waals surface area contributed by atoms with Crippen molar-refractivity contribution in [3.05, 3.63) is 35.9 Å². The second kappa shape index (κ2) is 7.44. The minimum absolute atomic E-state index is 0.00857. The van der Waals surface area contributed by atoms with E-state index in [2.05, 4.69) is 43.4 Å². The monoisotopic (exact) mass is 274 g/mol. The Morgan fingerprint density at radius 1 is 1.30 bits per heavy atom. The SMILES string of the molecule is CC(C)CCCN1CNC(CCc2ccccc2)C1=O. The van der Waals surface area contributed by atoms with E-state index >= 15 is 0 Å². The predicted molar refractivity (Wildman–Crippen MR) is 82.3 cm³/mol. The van der Waals surface area contributed by atoms with Crippen molar-refractivity contribution in [2.24, 2.45) is 5.92 Å². The number of carbonyl (C=O) groups is 1. The molecule has 3 nitrogen and oxygen atoms in total. The highest BCUT2D eigenvalue weighted by atomic mass is 16.2. The molecule has 1 amide bonds. The zero-order valence-corrected chi connectivity index (χ0v) is 12.6. The summed E-state index contributed by atoms with van der Waals surface area (Å²) in [6.07, 6.45) is 4.16. The third kappa shape index (κ3) is 4.34. The van der Waals surface area contributed by atoms with Crippen molar-refractivity contribution in [2.75, 3.05) is 13.2 Å². The van der Waals surface area contributed by atoms with Gasteiger partial charge in [0.2, 0.25) is 5.91 Å². The van der Waals surface area contributed by atoms with Crippen LogP contribution < -0.4 is 5.32 Å². The number of nitrogens with zero attached hydrogens (tertiary/aromatic N) is 1. The molecule has 0 aromatic heterocycles. The van der Waals surface area contributed by atoms with Crippen molar-refractivity contribution in [3.8, 4) is 0 Å². The van der Waals surface area contributed by atoms with Gasteiger partial charge in [0.25, 0.3) is 0 Å². The zero-order chi connectivity index (χ0) is 14.4. The van der Waals surface area contributed by atoms with Gasteiger partial charge in [-0.15, -0.1) is 0 Å². The molecule has 1 aliphatic rings. The quantitative estimate of drug-likeness (QED) is 0.829. The third-order valence-corrected chi connectivity index (χ3v) is 3.91. The summed E-state index contributed by atoms with van der Waals surface area (Å²) in [5.41, 5.74) is 1.31. The Bertz CT molecular complexity index is 416. The fraction of sp³-hybridized carbons (Fsp3) is 0.588. The molecule has 0 bridgehead atoms. The van der Waals surface area contributed by atoms with Crippen LogP contribution in [0, 0.1) is 5.92 Å². The fourth-order valence-corrected chi connectivity index (χ4v) is 2.67. The van der Waals surface area contributed by atoms with E-state index in [4.69, 9.17) is 0 Å². The number of benzene rings is 1. The smallest absolute Gasteiger partial charge is 0.240 e. The zero-order valence-electron chi connectivity index (χ0n) is 12.6. The molecule has 1 aliphatic heterocycles. The second-order valence-corrected chi connectivity index (χ2v) is 6.08. The molecule has 0 spiro atoms. The predicted octanol–water partition coefficient (Wildman–Crippen LogP) is 2.81. The van der Waals surface area contributed by atoms with Crippen LogP contribution >= 0.6 is 0 Å². The van der Waals surface area contributed by atoms with Crippen molar-refractivity contribution in [1.29, 1.82) is 0 Å². The Hall–Kier alpha value is -1.35. The molecular formula is C17H26N2O. The number of aryl methyl sites for hydroxylation is 1. The average Bonchev–Trinajstić information content (AvgIpc) is 2.79. The fourth-order valence-electron chi connectivity index (χ4n) is 2.67. The Labute approximate surface area is 122 Å². The van der Waals surface area contributed by atoms with Gasteiger partial charge in [0, 0.05) is 6.54 Å². The molecule has 0 aliphatic carbocycles. The first kappa shape index (κ1) is 15.0. The first-order valence-corrected chi connectivity index (χ1v) is 7.73. The van der Waals surface area contributed by atoms with Crippen LogP contribution in [0.4, 0.5) is 0 Å². The summed E-state index contributed by atoms with van der Waals surface area (Å²) < 4.78 is 0. The van der Waals surface area contributed by atoms with Crippen molar-refractivity contribution < 1.29 is 4.79 Å². The summed E-state index contributed by atoms with van der Waals surface area (Å²) >= 11 is 0. The number of rotatable bonds is 7. The van der Waals surface area contributed by atoms with Crippen LogP contribution in [0.25, 0.3) is 0 Å². The topological polar surface area (TPSA) is 32.3 Å². The number of hydrogen-bond donors (Lipinski definition) is 1. The van der Waals surface area contributed by atoms with Crippen molar-refractivity contribution in [2.45, 2.75) is 45.6 Å². The molecule has 1 N–H and O–H groups in total. The number of carbonyl (C=O) groups excluding carboxylic acids is 1. The molecule has 1 heterocycles. The van der Waals surface area contributed by atoms with Gasteiger partial charge in [-0.2, -0.15) is 0 Å². The van der Waals surface area contributed by atoms with E-state index in [0.29, 0.717) is 0 Å². The van der Waals surface area contributed by atoms with Gasteiger partial charge in [-0.1, -0.05) is 44.2 Å². The molecule has 110 valence electrons. The minimum atomic E-state index is 0.00857. The lowest BCUT2D eigenvalue weighted by Gasteiger charge is -2.16. The van der Waals surface area contributed by atoms with Gasteiger partial charge in [0.1, 0.15) is 0 Å². The Morgan fingerprint density at radius 2 is 2.05 bits per heavy atom. The molecule has 1 saturated heterocycles. The van der Waals surface area contributed by atoms with Crippen molar-refractivity contribution in [3.63, 3.8) is 0 Å². The molecular weight excluding hydrogens is 248 g/mol. The summed E-state index contributed by atoms with van der Waals surface area (Å²) in [6, 6.07) is 10.4. The van der Waals surface area contributed by atoms with Crippen LogP contribution in [-0.2, 0) is 11.2 Å². The molecule has 3 heteroatoms. The van der Waals surface area contributed by atoms with Crippen LogP contribution in [0.2, 0.25) is 0 Å². The standard InChI is InChI=1S/C17H26N2O/c1-14(2)7-6-12-19-13-18-16(17(19)20)11-10-15-8-4-3-5-9-15/h3-5,8-9,14,16,18H,6-7,10-13H2,1-2H3. The van der Waals surface area contributed by atoms with E-state index in [1.165, 1.54) is 12.0 Å². The molecule has 0 radical (unpaired) electrons. The summed E-state index contributed by atoms with van der Waals surface area (Å²) in [7, 11) is 0. The molecule has 2 rings (SSSR count). The van der Waals surface area contributed by atoms with Gasteiger partial charge in [-0.05, 0) is 37.2 Å². The van der Waals surface area contributed by atoms with Gasteiger partial charge in [-0.25, -0.2) is 0 Å². The number of hydrogen-bond acceptors (Lipinski definition) is 2. The summed E-state index contributed by atoms with van der Waals surface area (Å²) in [6.45, 7) is 6.07. The first-order valence-electron chi connectivity index (χ1n) is 7.73. The van der Waals surface area contributed by atoms with Crippen LogP contribution in [0.1, 0.15) is 38.7 Å². The van der Waals surface area contributed by atoms with Crippen LogP contribution in [0.5, 0.6) is 0 Å². The van der Waals surface area contributed by atoms with E-state index in [-0.39, 0.29) is 11.9 Å². The van der Waals surface area contributed by atoms with E-state index < -0.39 is 0 Å². The molecule has 1 atom stereocenters. The Kier molecular flexibility index (Phi) is 5.60. The molecule has 1 unspecified atom stereocenters. The highest BCUT2D eigenvalue weighted by Gasteiger charge is 2.29. The molecule has 1 aromatic carbocycles. The molecule has 1 aromatic rings. The molecule has 20 heavy (non-hydrogen) atoms. The highest BCUT2D eigenvalue weighted by Crippen LogP contribution is 2.13. The Morgan fingerprint density at radius 3 is 2.75 bits per heavy atom. The third-order valence-electron chi connectivity index (χ3n) is 3.91. The van der Waals surface area contributed by atoms with Crippen LogP contribution in [0.3, 0.4) is 0 Å². The summed E-state index contributed by atoms with van der Waals surface area (Å²) in [5.74, 6) is 0.999. The lowest BCUT2D eigenvalue weighted by molar-refractivity contribution is -0.129. The molecule has 1 fully saturated rings. The minimum Gasteiger partial charge on any atom is -0.329 e. The van der Waals surface area contributed by atoms with E-state index in [0.717, 1.165) is 38.4 Å². The highest BCUT2D eigenvalue weighted by molar-refractivity contribution is 5.83. The van der Waals surface area contributed by atoms with Crippen molar-refractivity contribution >= 4 is 5.91 Å². The number of amides is 1. The second-order valence-electron chi connectivity index (χ2n) is 6.08. The first-order chi connectivity index (χ1) is 9.66. The lowest BCUT2D eigenvalue weighted by Crippen LogP contribution is -2.31. The van der Waals surface area contributed by atoms with Crippen LogP contribution in [0.15, 0.2) is 30.3 Å².